The molecule has 0 spiro atoms. The minimum Gasteiger partial charge on any atom is -0.501 e. The van der Waals surface area contributed by atoms with E-state index in [2.05, 4.69) is 179 Å². The van der Waals surface area contributed by atoms with E-state index in [-0.39, 0.29) is 48.3 Å². The van der Waals surface area contributed by atoms with E-state index in [4.69, 9.17) is 13.5 Å². The molecule has 0 saturated carbocycles. The van der Waals surface area contributed by atoms with Gasteiger partial charge in [0.05, 0.1) is 13.7 Å². The van der Waals surface area contributed by atoms with Crippen LogP contribution < -0.4 is 5.19 Å². The van der Waals surface area contributed by atoms with Crippen molar-refractivity contribution in [3.63, 3.8) is 0 Å². The fraction of sp³-hybridized carbons (Fsp3) is 0.300. The third-order valence-electron chi connectivity index (χ3n) is 12.6. The Balaban J connectivity index is 0.000000340. The van der Waals surface area contributed by atoms with Gasteiger partial charge in [-0.25, -0.2) is 0 Å². The number of furan rings is 1. The van der Waals surface area contributed by atoms with Gasteiger partial charge in [0.25, 0.3) is 0 Å². The largest absolute Gasteiger partial charge is 0.501 e. The van der Waals surface area contributed by atoms with Gasteiger partial charge in [-0.2, -0.15) is 0 Å². The first-order valence-corrected chi connectivity index (χ1v) is 26.3. The van der Waals surface area contributed by atoms with Crippen molar-refractivity contribution in [1.82, 2.24) is 9.97 Å². The Morgan fingerprint density at radius 3 is 1.92 bits per heavy atom. The van der Waals surface area contributed by atoms with E-state index in [1.165, 1.54) is 38.2 Å². The molecule has 9 aromatic rings. The van der Waals surface area contributed by atoms with Crippen LogP contribution in [0.1, 0.15) is 113 Å². The standard InChI is InChI=1S/C45H48NOSi.C15H16N.Ir/c1-26(2)35-21-32(48(9,10)11)22-36(27(3)4)43(35)37-23-41(46-25-28(37)5)34-14-12-13-33-40-19-30-16-15-29-17-18-31(45(6,7)8)20-38(29)39(30)24-42(40)47-44(33)34;1-15(2,3)13-9-10-16-14(11-13)12-7-5-4-6-8-12;/h12-13,15-27H,1-11H3;4-7,9-11H,1-3H3;/q2*-1;/i5D3;;. The number of aryl methyl sites for hydroxylation is 1. The SMILES string of the molecule is CC(C)(C)c1ccnc(-c2[c-]cccc2)c1.[2H]C([2H])([2H])c1cnc(-c2[c-]ccc3c2oc2cc4c(ccc5ccc(C(C)(C)C)cc54)cc23)cc1-c1c(C(C)C)cc([Si](C)(C)C)cc1C(C)C.[Ir]. The van der Waals surface area contributed by atoms with Crippen LogP contribution in [0.3, 0.4) is 0 Å². The number of fused-ring (bicyclic) bond motifs is 6. The molecule has 3 heterocycles. The van der Waals surface area contributed by atoms with E-state index in [0.717, 1.165) is 49.5 Å². The van der Waals surface area contributed by atoms with Gasteiger partial charge in [0.2, 0.25) is 0 Å². The molecule has 0 fully saturated rings. The molecule has 65 heavy (non-hydrogen) atoms. The molecule has 6 aromatic carbocycles. The first-order chi connectivity index (χ1) is 31.4. The van der Waals surface area contributed by atoms with Gasteiger partial charge in [0.15, 0.2) is 0 Å². The van der Waals surface area contributed by atoms with E-state index in [1.54, 1.807) is 6.20 Å². The maximum Gasteiger partial charge on any atom is 0.121 e. The first-order valence-electron chi connectivity index (χ1n) is 24.3. The van der Waals surface area contributed by atoms with Gasteiger partial charge in [-0.1, -0.05) is 154 Å². The van der Waals surface area contributed by atoms with Crippen LogP contribution in [0.2, 0.25) is 19.6 Å². The summed E-state index contributed by atoms with van der Waals surface area (Å²) >= 11 is 0. The Bertz CT molecular complexity index is 3270. The zero-order valence-corrected chi connectivity index (χ0v) is 43.7. The molecule has 3 nitrogen and oxygen atoms in total. The Labute approximate surface area is 406 Å². The van der Waals surface area contributed by atoms with Crippen LogP contribution >= 0.6 is 0 Å². The second kappa shape index (κ2) is 18.2. The number of pyridine rings is 2. The van der Waals surface area contributed by atoms with Crippen LogP contribution in [-0.4, -0.2) is 18.0 Å². The zero-order chi connectivity index (χ0) is 48.4. The maximum atomic E-state index is 8.59. The van der Waals surface area contributed by atoms with E-state index >= 15 is 0 Å². The molecule has 0 amide bonds. The second-order valence-electron chi connectivity index (χ2n) is 21.2. The Kier molecular flexibility index (Phi) is 12.3. The molecule has 0 aliphatic heterocycles. The van der Waals surface area contributed by atoms with Crippen LogP contribution in [0.5, 0.6) is 0 Å². The summed E-state index contributed by atoms with van der Waals surface area (Å²) in [6.07, 6.45) is 3.43. The minimum absolute atomic E-state index is 0. The summed E-state index contributed by atoms with van der Waals surface area (Å²) in [6, 6.07) is 45.0. The van der Waals surface area contributed by atoms with Crippen molar-refractivity contribution in [2.75, 3.05) is 0 Å². The number of rotatable bonds is 6. The average molecular weight is 1050 g/mol. The summed E-state index contributed by atoms with van der Waals surface area (Å²) in [6.45, 7) is 26.9. The second-order valence-corrected chi connectivity index (χ2v) is 26.3. The van der Waals surface area contributed by atoms with Crippen molar-refractivity contribution in [3.8, 4) is 33.6 Å². The van der Waals surface area contributed by atoms with Gasteiger partial charge >= 0.3 is 0 Å². The molecular weight excluding hydrogens is 985 g/mol. The summed E-state index contributed by atoms with van der Waals surface area (Å²) in [5, 5.41) is 8.13. The van der Waals surface area contributed by atoms with Crippen LogP contribution in [0, 0.1) is 19.0 Å². The molecule has 0 saturated heterocycles. The molecule has 0 unspecified atom stereocenters. The Morgan fingerprint density at radius 1 is 0.631 bits per heavy atom. The normalized spacial score (nSPS) is 13.2. The smallest absolute Gasteiger partial charge is 0.121 e. The third kappa shape index (κ3) is 9.71. The Hall–Kier alpha value is -5.19. The van der Waals surface area contributed by atoms with Crippen LogP contribution in [0.25, 0.3) is 77.1 Å². The van der Waals surface area contributed by atoms with E-state index in [0.29, 0.717) is 16.8 Å². The summed E-state index contributed by atoms with van der Waals surface area (Å²) in [5.74, 6) is 0.398. The molecule has 335 valence electrons. The zero-order valence-electron chi connectivity index (χ0n) is 43.3. The predicted molar refractivity (Wildman–Crippen MR) is 278 cm³/mol. The number of hydrogen-bond acceptors (Lipinski definition) is 3. The van der Waals surface area contributed by atoms with E-state index < -0.39 is 14.9 Å². The maximum absolute atomic E-state index is 8.59. The summed E-state index contributed by atoms with van der Waals surface area (Å²) in [5.41, 5.74) is 12.1. The van der Waals surface area contributed by atoms with Gasteiger partial charge < -0.3 is 14.4 Å². The number of benzene rings is 6. The van der Waals surface area contributed by atoms with Crippen molar-refractivity contribution in [2.24, 2.45) is 0 Å². The predicted octanol–water partition coefficient (Wildman–Crippen LogP) is 16.7. The van der Waals surface area contributed by atoms with Gasteiger partial charge in [-0.05, 0) is 126 Å². The van der Waals surface area contributed by atoms with Gasteiger partial charge in [0.1, 0.15) is 5.58 Å². The number of hydrogen-bond donors (Lipinski definition) is 0. The van der Waals surface area contributed by atoms with Gasteiger partial charge in [0, 0.05) is 42.0 Å². The van der Waals surface area contributed by atoms with Crippen molar-refractivity contribution < 1.29 is 28.6 Å². The fourth-order valence-electron chi connectivity index (χ4n) is 8.68. The summed E-state index contributed by atoms with van der Waals surface area (Å²) < 4.78 is 32.5. The Morgan fingerprint density at radius 2 is 1.29 bits per heavy atom. The van der Waals surface area contributed by atoms with Crippen LogP contribution in [0.4, 0.5) is 0 Å². The molecular formula is C60H64IrN2OSi-2. The van der Waals surface area contributed by atoms with Crippen LogP contribution in [0.15, 0.2) is 126 Å². The van der Waals surface area contributed by atoms with Gasteiger partial charge in [-0.15, -0.1) is 54.1 Å². The molecule has 0 atom stereocenters. The average Bonchev–Trinajstić information content (AvgIpc) is 3.64. The van der Waals surface area contributed by atoms with Crippen molar-refractivity contribution >= 4 is 56.7 Å². The van der Waals surface area contributed by atoms with E-state index in [9.17, 15) is 0 Å². The summed E-state index contributed by atoms with van der Waals surface area (Å²) in [7, 11) is -1.66. The molecule has 0 aliphatic rings. The fourth-order valence-corrected chi connectivity index (χ4v) is 9.86. The molecule has 0 bridgehead atoms. The van der Waals surface area contributed by atoms with E-state index in [1.807, 2.05) is 42.6 Å². The van der Waals surface area contributed by atoms with Crippen molar-refractivity contribution in [3.05, 3.63) is 162 Å². The third-order valence-corrected chi connectivity index (χ3v) is 14.6. The van der Waals surface area contributed by atoms with Crippen LogP contribution in [-0.2, 0) is 30.9 Å². The molecule has 1 radical (unpaired) electrons. The first kappa shape index (κ1) is 43.7. The molecule has 3 aromatic heterocycles. The van der Waals surface area contributed by atoms with Crippen molar-refractivity contribution in [2.45, 2.75) is 118 Å². The van der Waals surface area contributed by atoms with Gasteiger partial charge in [-0.3, -0.25) is 0 Å². The summed E-state index contributed by atoms with van der Waals surface area (Å²) in [4.78, 5) is 9.20. The van der Waals surface area contributed by atoms with Crippen molar-refractivity contribution in [1.29, 1.82) is 0 Å². The number of nitrogens with zero attached hydrogens (tertiary/aromatic N) is 2. The quantitative estimate of drug-likeness (QED) is 0.0946. The number of aromatic nitrogens is 2. The molecule has 0 aliphatic carbocycles. The molecule has 5 heteroatoms. The molecule has 9 rings (SSSR count). The minimum atomic E-state index is -2.34. The molecule has 0 N–H and O–H groups in total. The topological polar surface area (TPSA) is 38.9 Å². The monoisotopic (exact) mass is 1050 g/mol.